The number of nitrogens with zero attached hydrogens (tertiary/aromatic N) is 1. The second-order valence-corrected chi connectivity index (χ2v) is 7.29. The van der Waals surface area contributed by atoms with Gasteiger partial charge in [0, 0.05) is 19.5 Å². The second-order valence-electron chi connectivity index (χ2n) is 5.35. The van der Waals surface area contributed by atoms with Crippen molar-refractivity contribution in [3.63, 3.8) is 0 Å². The molecule has 0 spiro atoms. The maximum atomic E-state index is 12.6. The van der Waals surface area contributed by atoms with Gasteiger partial charge >= 0.3 is 5.97 Å². The van der Waals surface area contributed by atoms with Crippen molar-refractivity contribution in [1.82, 2.24) is 4.31 Å². The first-order valence-electron chi connectivity index (χ1n) is 7.38. The van der Waals surface area contributed by atoms with Crippen LogP contribution in [0.2, 0.25) is 0 Å². The maximum Gasteiger partial charge on any atom is 0.303 e. The highest BCUT2D eigenvalue weighted by Crippen LogP contribution is 2.26. The van der Waals surface area contributed by atoms with Crippen LogP contribution in [0.1, 0.15) is 26.2 Å². The Morgan fingerprint density at radius 1 is 1.27 bits per heavy atom. The summed E-state index contributed by atoms with van der Waals surface area (Å²) in [6.45, 7) is 3.14. The minimum atomic E-state index is -3.52. The lowest BCUT2D eigenvalue weighted by Gasteiger charge is -2.30. The van der Waals surface area contributed by atoms with Crippen molar-refractivity contribution in [2.24, 2.45) is 5.92 Å². The number of ether oxygens (including phenoxy) is 1. The number of benzene rings is 1. The normalized spacial score (nSPS) is 17.3. The number of piperidine rings is 1. The smallest absolute Gasteiger partial charge is 0.303 e. The Kier molecular flexibility index (Phi) is 5.42. The molecule has 0 saturated carbocycles. The molecule has 1 aliphatic rings. The van der Waals surface area contributed by atoms with Gasteiger partial charge < -0.3 is 9.84 Å². The Hall–Kier alpha value is -1.60. The van der Waals surface area contributed by atoms with Gasteiger partial charge in [-0.05, 0) is 49.9 Å². The third-order valence-electron chi connectivity index (χ3n) is 3.81. The number of hydrogen-bond donors (Lipinski definition) is 1. The number of hydrogen-bond acceptors (Lipinski definition) is 4. The van der Waals surface area contributed by atoms with Crippen molar-refractivity contribution in [3.05, 3.63) is 24.3 Å². The minimum absolute atomic E-state index is 0.0595. The summed E-state index contributed by atoms with van der Waals surface area (Å²) >= 11 is 0. The van der Waals surface area contributed by atoms with Crippen molar-refractivity contribution in [3.8, 4) is 5.75 Å². The lowest BCUT2D eigenvalue weighted by Crippen LogP contribution is -2.38. The molecule has 0 atom stereocenters. The molecule has 6 nitrogen and oxygen atoms in total. The van der Waals surface area contributed by atoms with Crippen LogP contribution >= 0.6 is 0 Å². The Morgan fingerprint density at radius 3 is 2.36 bits per heavy atom. The molecule has 1 heterocycles. The molecule has 0 aromatic heterocycles. The van der Waals surface area contributed by atoms with Crippen LogP contribution in [0.3, 0.4) is 0 Å². The van der Waals surface area contributed by atoms with Crippen LogP contribution < -0.4 is 4.74 Å². The Morgan fingerprint density at radius 2 is 1.86 bits per heavy atom. The first kappa shape index (κ1) is 16.8. The van der Waals surface area contributed by atoms with Crippen molar-refractivity contribution in [1.29, 1.82) is 0 Å². The molecule has 0 aliphatic carbocycles. The molecular formula is C15H21NO5S. The molecular weight excluding hydrogens is 306 g/mol. The lowest BCUT2D eigenvalue weighted by molar-refractivity contribution is -0.138. The fourth-order valence-electron chi connectivity index (χ4n) is 2.62. The van der Waals surface area contributed by atoms with E-state index in [2.05, 4.69) is 0 Å². The van der Waals surface area contributed by atoms with Gasteiger partial charge in [-0.2, -0.15) is 4.31 Å². The maximum absolute atomic E-state index is 12.6. The van der Waals surface area contributed by atoms with Crippen molar-refractivity contribution >= 4 is 16.0 Å². The summed E-state index contributed by atoms with van der Waals surface area (Å²) in [7, 11) is -3.52. The largest absolute Gasteiger partial charge is 0.494 e. The van der Waals surface area contributed by atoms with Gasteiger partial charge in [-0.1, -0.05) is 0 Å². The van der Waals surface area contributed by atoms with E-state index in [1.165, 1.54) is 4.31 Å². The quantitative estimate of drug-likeness (QED) is 0.863. The van der Waals surface area contributed by atoms with E-state index in [4.69, 9.17) is 9.84 Å². The monoisotopic (exact) mass is 327 g/mol. The topological polar surface area (TPSA) is 83.9 Å². The van der Waals surface area contributed by atoms with E-state index in [1.54, 1.807) is 24.3 Å². The van der Waals surface area contributed by atoms with Crippen molar-refractivity contribution < 1.29 is 23.1 Å². The molecule has 7 heteroatoms. The van der Waals surface area contributed by atoms with E-state index >= 15 is 0 Å². The summed E-state index contributed by atoms with van der Waals surface area (Å²) < 4.78 is 31.8. The standard InChI is InChI=1S/C15H21NO5S/c1-2-21-13-3-5-14(6-4-13)22(19,20)16-9-7-12(8-10-16)11-15(17)18/h3-6,12H,2,7-11H2,1H3,(H,17,18). The van der Waals surface area contributed by atoms with Gasteiger partial charge in [-0.25, -0.2) is 8.42 Å². The SMILES string of the molecule is CCOc1ccc(S(=O)(=O)N2CCC(CC(=O)O)CC2)cc1. The van der Waals surface area contributed by atoms with Crippen molar-refractivity contribution in [2.75, 3.05) is 19.7 Å². The number of aliphatic carboxylic acids is 1. The molecule has 122 valence electrons. The molecule has 0 amide bonds. The van der Waals surface area contributed by atoms with Gasteiger partial charge in [-0.3, -0.25) is 4.79 Å². The zero-order chi connectivity index (χ0) is 16.2. The summed E-state index contributed by atoms with van der Waals surface area (Å²) in [5.74, 6) is -0.126. The Balaban J connectivity index is 2.03. The first-order valence-corrected chi connectivity index (χ1v) is 8.82. The van der Waals surface area contributed by atoms with Gasteiger partial charge in [0.05, 0.1) is 11.5 Å². The van der Waals surface area contributed by atoms with Crippen LogP contribution in [-0.4, -0.2) is 43.5 Å². The molecule has 1 N–H and O–H groups in total. The highest BCUT2D eigenvalue weighted by atomic mass is 32.2. The zero-order valence-electron chi connectivity index (χ0n) is 12.6. The van der Waals surface area contributed by atoms with E-state index in [0.717, 1.165) is 0 Å². The molecule has 0 radical (unpaired) electrons. The average molecular weight is 327 g/mol. The van der Waals surface area contributed by atoms with Crippen LogP contribution in [-0.2, 0) is 14.8 Å². The van der Waals surface area contributed by atoms with Gasteiger partial charge in [-0.15, -0.1) is 0 Å². The van der Waals surface area contributed by atoms with Gasteiger partial charge in [0.1, 0.15) is 5.75 Å². The van der Waals surface area contributed by atoms with Gasteiger partial charge in [0.2, 0.25) is 10.0 Å². The van der Waals surface area contributed by atoms with Crippen molar-refractivity contribution in [2.45, 2.75) is 31.1 Å². The predicted octanol–water partition coefficient (Wildman–Crippen LogP) is 1.96. The molecule has 1 aliphatic heterocycles. The number of sulfonamides is 1. The highest BCUT2D eigenvalue weighted by molar-refractivity contribution is 7.89. The van der Waals surface area contributed by atoms with Crippen LogP contribution in [0.4, 0.5) is 0 Å². The summed E-state index contributed by atoms with van der Waals surface area (Å²) in [4.78, 5) is 11.0. The second kappa shape index (κ2) is 7.11. The Bertz CT molecular complexity index is 603. The third-order valence-corrected chi connectivity index (χ3v) is 5.72. The molecule has 1 fully saturated rings. The number of carboxylic acid groups (broad SMARTS) is 1. The predicted molar refractivity (Wildman–Crippen MR) is 81.3 cm³/mol. The molecule has 0 unspecified atom stereocenters. The highest BCUT2D eigenvalue weighted by Gasteiger charge is 2.30. The minimum Gasteiger partial charge on any atom is -0.494 e. The first-order chi connectivity index (χ1) is 10.4. The van der Waals surface area contributed by atoms with E-state index in [1.807, 2.05) is 6.92 Å². The van der Waals surface area contributed by atoms with Crippen LogP contribution in [0.5, 0.6) is 5.75 Å². The summed E-state index contributed by atoms with van der Waals surface area (Å²) in [6, 6.07) is 6.38. The molecule has 22 heavy (non-hydrogen) atoms. The number of carboxylic acids is 1. The number of carbonyl (C=O) groups is 1. The van der Waals surface area contributed by atoms with E-state index in [-0.39, 0.29) is 17.2 Å². The van der Waals surface area contributed by atoms with Crippen LogP contribution in [0, 0.1) is 5.92 Å². The molecule has 0 bridgehead atoms. The van der Waals surface area contributed by atoms with E-state index < -0.39 is 16.0 Å². The lowest BCUT2D eigenvalue weighted by atomic mass is 9.95. The third kappa shape index (κ3) is 3.98. The van der Waals surface area contributed by atoms with Crippen LogP contribution in [0.15, 0.2) is 29.2 Å². The summed E-state index contributed by atoms with van der Waals surface area (Å²) in [5, 5.41) is 8.80. The van der Waals surface area contributed by atoms with Gasteiger partial charge in [0.15, 0.2) is 0 Å². The molecule has 1 aromatic carbocycles. The fraction of sp³-hybridized carbons (Fsp3) is 0.533. The molecule has 1 aromatic rings. The molecule has 1 saturated heterocycles. The Labute approximate surface area is 130 Å². The van der Waals surface area contributed by atoms with E-state index in [9.17, 15) is 13.2 Å². The van der Waals surface area contributed by atoms with Gasteiger partial charge in [0.25, 0.3) is 0 Å². The fourth-order valence-corrected chi connectivity index (χ4v) is 4.09. The summed E-state index contributed by atoms with van der Waals surface area (Å²) in [5.41, 5.74) is 0. The zero-order valence-corrected chi connectivity index (χ0v) is 13.4. The number of rotatable bonds is 6. The summed E-state index contributed by atoms with van der Waals surface area (Å²) in [6.07, 6.45) is 1.28. The molecule has 2 rings (SSSR count). The average Bonchev–Trinajstić information content (AvgIpc) is 2.48. The van der Waals surface area contributed by atoms with Crippen LogP contribution in [0.25, 0.3) is 0 Å². The van der Waals surface area contributed by atoms with E-state index in [0.29, 0.717) is 38.3 Å².